The van der Waals surface area contributed by atoms with Gasteiger partial charge in [0, 0.05) is 18.8 Å². The summed E-state index contributed by atoms with van der Waals surface area (Å²) < 4.78 is 29.2. The van der Waals surface area contributed by atoms with Crippen LogP contribution in [0.1, 0.15) is 22.9 Å². The average Bonchev–Trinajstić information content (AvgIpc) is 2.77. The minimum Gasteiger partial charge on any atom is -0.308 e. The van der Waals surface area contributed by atoms with E-state index >= 15 is 0 Å². The van der Waals surface area contributed by atoms with Gasteiger partial charge in [-0.3, -0.25) is 4.68 Å². The van der Waals surface area contributed by atoms with Crippen molar-refractivity contribution in [3.8, 4) is 0 Å². The largest absolute Gasteiger partial charge is 0.308 e. The normalized spacial score (nSPS) is 12.7. The predicted octanol–water partition coefficient (Wildman–Crippen LogP) is 2.32. The summed E-state index contributed by atoms with van der Waals surface area (Å²) in [7, 11) is 3.47. The first-order valence-electron chi connectivity index (χ1n) is 5.66. The Hall–Kier alpha value is -1.75. The molecule has 0 aliphatic carbocycles. The van der Waals surface area contributed by atoms with Crippen molar-refractivity contribution < 1.29 is 8.78 Å². The molecule has 0 radical (unpaired) electrons. The summed E-state index contributed by atoms with van der Waals surface area (Å²) in [6, 6.07) is 4.48. The van der Waals surface area contributed by atoms with Gasteiger partial charge >= 0.3 is 0 Å². The van der Waals surface area contributed by atoms with Crippen LogP contribution in [0.5, 0.6) is 0 Å². The van der Waals surface area contributed by atoms with Crippen molar-refractivity contribution in [2.45, 2.75) is 13.0 Å². The van der Waals surface area contributed by atoms with Crippen LogP contribution in [0.2, 0.25) is 0 Å². The number of aromatic nitrogens is 2. The summed E-state index contributed by atoms with van der Waals surface area (Å²) in [4.78, 5) is 0. The molecule has 2 rings (SSSR count). The van der Waals surface area contributed by atoms with Crippen LogP contribution in [-0.2, 0) is 7.05 Å². The van der Waals surface area contributed by atoms with Gasteiger partial charge in [0.25, 0.3) is 0 Å². The van der Waals surface area contributed by atoms with E-state index < -0.39 is 17.7 Å². The summed E-state index contributed by atoms with van der Waals surface area (Å²) in [6.07, 6.45) is 1.77. The first kappa shape index (κ1) is 12.7. The van der Waals surface area contributed by atoms with E-state index in [0.29, 0.717) is 11.3 Å². The zero-order valence-corrected chi connectivity index (χ0v) is 10.5. The third kappa shape index (κ3) is 2.13. The fourth-order valence-corrected chi connectivity index (χ4v) is 1.93. The Kier molecular flexibility index (Phi) is 3.43. The van der Waals surface area contributed by atoms with E-state index in [4.69, 9.17) is 0 Å². The van der Waals surface area contributed by atoms with E-state index in [-0.39, 0.29) is 5.56 Å². The molecule has 0 spiro atoms. The molecular weight excluding hydrogens is 236 g/mol. The van der Waals surface area contributed by atoms with Gasteiger partial charge in [0.15, 0.2) is 11.6 Å². The lowest BCUT2D eigenvalue weighted by atomic mass is 10.0. The smallest absolute Gasteiger partial charge is 0.164 e. The molecule has 0 saturated heterocycles. The maximum Gasteiger partial charge on any atom is 0.164 e. The van der Waals surface area contributed by atoms with Crippen LogP contribution in [0.25, 0.3) is 0 Å². The maximum atomic E-state index is 13.9. The van der Waals surface area contributed by atoms with Crippen molar-refractivity contribution in [2.75, 3.05) is 7.05 Å². The predicted molar refractivity (Wildman–Crippen MR) is 65.2 cm³/mol. The van der Waals surface area contributed by atoms with Gasteiger partial charge in [-0.15, -0.1) is 0 Å². The molecular formula is C13H15F2N3. The first-order valence-corrected chi connectivity index (χ1v) is 5.66. The number of benzene rings is 1. The first-order chi connectivity index (χ1) is 8.54. The molecule has 18 heavy (non-hydrogen) atoms. The zero-order chi connectivity index (χ0) is 13.3. The average molecular weight is 251 g/mol. The summed E-state index contributed by atoms with van der Waals surface area (Å²) in [5, 5.41) is 7.17. The van der Waals surface area contributed by atoms with Crippen LogP contribution in [0, 0.1) is 18.6 Å². The summed E-state index contributed by atoms with van der Waals surface area (Å²) in [5.74, 6) is -1.62. The fourth-order valence-electron chi connectivity index (χ4n) is 1.93. The van der Waals surface area contributed by atoms with E-state index in [2.05, 4.69) is 10.4 Å². The second kappa shape index (κ2) is 4.86. The minimum absolute atomic E-state index is 0.263. The van der Waals surface area contributed by atoms with Gasteiger partial charge in [-0.1, -0.05) is 12.1 Å². The van der Waals surface area contributed by atoms with Crippen molar-refractivity contribution >= 4 is 0 Å². The Morgan fingerprint density at radius 3 is 2.50 bits per heavy atom. The molecule has 5 heteroatoms. The topological polar surface area (TPSA) is 29.9 Å². The van der Waals surface area contributed by atoms with Crippen LogP contribution in [0.15, 0.2) is 24.4 Å². The number of hydrogen-bond donors (Lipinski definition) is 1. The van der Waals surface area contributed by atoms with Crippen molar-refractivity contribution in [3.05, 3.63) is 52.9 Å². The van der Waals surface area contributed by atoms with E-state index in [1.54, 1.807) is 43.2 Å². The van der Waals surface area contributed by atoms with E-state index in [9.17, 15) is 8.78 Å². The monoisotopic (exact) mass is 251 g/mol. The Balaban J connectivity index is 2.49. The molecule has 0 fully saturated rings. The highest BCUT2D eigenvalue weighted by molar-refractivity contribution is 5.32. The molecule has 1 aromatic heterocycles. The maximum absolute atomic E-state index is 13.9. The highest BCUT2D eigenvalue weighted by atomic mass is 19.2. The molecule has 1 unspecified atom stereocenters. The van der Waals surface area contributed by atoms with Gasteiger partial charge in [0.05, 0.1) is 11.7 Å². The molecule has 3 nitrogen and oxygen atoms in total. The Bertz CT molecular complexity index is 563. The van der Waals surface area contributed by atoms with Crippen molar-refractivity contribution in [1.29, 1.82) is 0 Å². The third-order valence-corrected chi connectivity index (χ3v) is 2.93. The number of hydrogen-bond acceptors (Lipinski definition) is 2. The van der Waals surface area contributed by atoms with Crippen LogP contribution in [-0.4, -0.2) is 16.8 Å². The number of nitrogens with one attached hydrogen (secondary N) is 1. The lowest BCUT2D eigenvalue weighted by Crippen LogP contribution is -2.20. The molecule has 2 aromatic rings. The Morgan fingerprint density at radius 1 is 1.22 bits per heavy atom. The second-order valence-electron chi connectivity index (χ2n) is 4.24. The quantitative estimate of drug-likeness (QED) is 0.907. The van der Waals surface area contributed by atoms with Crippen molar-refractivity contribution in [2.24, 2.45) is 7.05 Å². The van der Waals surface area contributed by atoms with Crippen molar-refractivity contribution in [3.63, 3.8) is 0 Å². The number of aryl methyl sites for hydroxylation is 2. The van der Waals surface area contributed by atoms with Crippen LogP contribution in [0.4, 0.5) is 8.78 Å². The van der Waals surface area contributed by atoms with Gasteiger partial charge < -0.3 is 5.32 Å². The van der Waals surface area contributed by atoms with Crippen molar-refractivity contribution in [1.82, 2.24) is 15.1 Å². The van der Waals surface area contributed by atoms with Gasteiger partial charge in [0.2, 0.25) is 0 Å². The molecule has 0 aliphatic rings. The van der Waals surface area contributed by atoms with Gasteiger partial charge in [-0.2, -0.15) is 5.10 Å². The van der Waals surface area contributed by atoms with Gasteiger partial charge in [0.1, 0.15) is 0 Å². The molecule has 1 heterocycles. The summed E-state index contributed by atoms with van der Waals surface area (Å²) >= 11 is 0. The second-order valence-corrected chi connectivity index (χ2v) is 4.24. The molecule has 96 valence electrons. The minimum atomic E-state index is -0.819. The lowest BCUT2D eigenvalue weighted by Gasteiger charge is -2.16. The lowest BCUT2D eigenvalue weighted by molar-refractivity contribution is 0.480. The molecule has 1 aromatic carbocycles. The molecule has 0 bridgehead atoms. The Morgan fingerprint density at radius 2 is 1.94 bits per heavy atom. The number of rotatable bonds is 3. The molecule has 1 atom stereocenters. The molecule has 0 saturated carbocycles. The van der Waals surface area contributed by atoms with E-state index in [0.717, 1.165) is 0 Å². The summed E-state index contributed by atoms with van der Waals surface area (Å²) in [6.45, 7) is 1.54. The zero-order valence-electron chi connectivity index (χ0n) is 10.5. The molecule has 0 amide bonds. The SMILES string of the molecule is CNC(c1ccn(C)n1)c1ccc(C)c(F)c1F. The molecule has 0 aliphatic heterocycles. The number of nitrogens with zero attached hydrogens (tertiary/aromatic N) is 2. The standard InChI is InChI=1S/C13H15F2N3/c1-8-4-5-9(12(15)11(8)14)13(16-2)10-6-7-18(3)17-10/h4-7,13,16H,1-3H3. The Labute approximate surface area is 104 Å². The highest BCUT2D eigenvalue weighted by Crippen LogP contribution is 2.25. The van der Waals surface area contributed by atoms with Crippen LogP contribution >= 0.6 is 0 Å². The third-order valence-electron chi connectivity index (χ3n) is 2.93. The highest BCUT2D eigenvalue weighted by Gasteiger charge is 2.21. The molecule has 1 N–H and O–H groups in total. The number of halogens is 2. The van der Waals surface area contributed by atoms with E-state index in [1.165, 1.54) is 6.92 Å². The fraction of sp³-hybridized carbons (Fsp3) is 0.308. The van der Waals surface area contributed by atoms with Crippen LogP contribution < -0.4 is 5.32 Å². The summed E-state index contributed by atoms with van der Waals surface area (Å²) in [5.41, 5.74) is 1.22. The van der Waals surface area contributed by atoms with E-state index in [1.807, 2.05) is 0 Å². The van der Waals surface area contributed by atoms with Crippen LogP contribution in [0.3, 0.4) is 0 Å². The van der Waals surface area contributed by atoms with Gasteiger partial charge in [-0.25, -0.2) is 8.78 Å². The van der Waals surface area contributed by atoms with Gasteiger partial charge in [-0.05, 0) is 25.6 Å².